The van der Waals surface area contributed by atoms with Crippen molar-refractivity contribution in [2.75, 3.05) is 5.32 Å². The number of nitrogens with zero attached hydrogens (tertiary/aromatic N) is 3. The highest BCUT2D eigenvalue weighted by molar-refractivity contribution is 8.15. The van der Waals surface area contributed by atoms with Gasteiger partial charge < -0.3 is 5.32 Å². The first-order valence-corrected chi connectivity index (χ1v) is 11.6. The molecule has 0 bridgehead atoms. The van der Waals surface area contributed by atoms with Crippen LogP contribution >= 0.6 is 23.4 Å². The van der Waals surface area contributed by atoms with Gasteiger partial charge in [-0.15, -0.1) is 0 Å². The topological polar surface area (TPSA) is 74.1 Å². The maximum Gasteiger partial charge on any atom is 0.259 e. The van der Waals surface area contributed by atoms with Gasteiger partial charge in [0.15, 0.2) is 5.17 Å². The summed E-state index contributed by atoms with van der Waals surface area (Å²) in [5.74, 6) is 0.385. The van der Waals surface area contributed by atoms with E-state index in [-0.39, 0.29) is 11.8 Å². The number of hydrogen-bond acceptors (Lipinski definition) is 5. The quantitative estimate of drug-likeness (QED) is 0.647. The molecule has 0 aliphatic carbocycles. The summed E-state index contributed by atoms with van der Waals surface area (Å²) in [5.41, 5.74) is 2.24. The molecule has 0 aromatic heterocycles. The highest BCUT2D eigenvalue weighted by atomic mass is 35.5. The summed E-state index contributed by atoms with van der Waals surface area (Å²) in [6, 6.07) is 14.3. The summed E-state index contributed by atoms with van der Waals surface area (Å²) in [5, 5.41) is 3.53. The zero-order valence-electron chi connectivity index (χ0n) is 17.3. The van der Waals surface area contributed by atoms with Gasteiger partial charge in [0.05, 0.1) is 10.9 Å². The predicted molar refractivity (Wildman–Crippen MR) is 127 cm³/mol. The molecule has 2 atom stereocenters. The molecule has 31 heavy (non-hydrogen) atoms. The normalized spacial score (nSPS) is 18.1. The third kappa shape index (κ3) is 4.38. The molecule has 0 spiro atoms. The zero-order valence-corrected chi connectivity index (χ0v) is 18.9. The number of hydrogen-bond donors (Lipinski definition) is 1. The first-order valence-electron chi connectivity index (χ1n) is 10.3. The molecule has 0 fully saturated rings. The van der Waals surface area contributed by atoms with Crippen molar-refractivity contribution in [3.05, 3.63) is 59.1 Å². The lowest BCUT2D eigenvalue weighted by Crippen LogP contribution is -2.42. The molecular formula is C23H23ClN4O2S. The number of aliphatic imine (C=N–C) groups is 2. The van der Waals surface area contributed by atoms with Gasteiger partial charge in [0.25, 0.3) is 5.91 Å². The Labute approximate surface area is 190 Å². The minimum Gasteiger partial charge on any atom is -0.325 e. The molecule has 0 unspecified atom stereocenters. The lowest BCUT2D eigenvalue weighted by molar-refractivity contribution is -0.124. The molecule has 2 aromatic carbocycles. The molecule has 6 nitrogen and oxygen atoms in total. The predicted octanol–water partition coefficient (Wildman–Crippen LogP) is 5.25. The number of carbonyl (C=O) groups excluding carboxylic acids is 2. The number of amidine groups is 2. The van der Waals surface area contributed by atoms with Gasteiger partial charge in [-0.1, -0.05) is 61.8 Å². The van der Waals surface area contributed by atoms with Crippen molar-refractivity contribution >= 4 is 57.6 Å². The van der Waals surface area contributed by atoms with E-state index in [0.29, 0.717) is 34.6 Å². The van der Waals surface area contributed by atoms with Crippen molar-refractivity contribution < 1.29 is 9.59 Å². The third-order valence-corrected chi connectivity index (χ3v) is 6.66. The van der Waals surface area contributed by atoms with Crippen LogP contribution in [0.5, 0.6) is 0 Å². The Bertz CT molecular complexity index is 1080. The summed E-state index contributed by atoms with van der Waals surface area (Å²) >= 11 is 7.32. The fourth-order valence-corrected chi connectivity index (χ4v) is 4.79. The summed E-state index contributed by atoms with van der Waals surface area (Å²) in [6.45, 7) is 3.98. The van der Waals surface area contributed by atoms with Crippen molar-refractivity contribution in [3.8, 4) is 0 Å². The van der Waals surface area contributed by atoms with Gasteiger partial charge in [-0.2, -0.15) is 0 Å². The van der Waals surface area contributed by atoms with Gasteiger partial charge in [-0.05, 0) is 43.2 Å². The van der Waals surface area contributed by atoms with Crippen molar-refractivity contribution in [1.29, 1.82) is 0 Å². The number of anilines is 1. The van der Waals surface area contributed by atoms with Crippen LogP contribution in [0.4, 0.5) is 11.4 Å². The number of para-hydroxylation sites is 1. The van der Waals surface area contributed by atoms with Crippen LogP contribution in [0.1, 0.15) is 38.7 Å². The largest absolute Gasteiger partial charge is 0.325 e. The molecule has 2 aromatic rings. The van der Waals surface area contributed by atoms with Gasteiger partial charge in [-0.3, -0.25) is 14.6 Å². The highest BCUT2D eigenvalue weighted by Crippen LogP contribution is 2.36. The smallest absolute Gasteiger partial charge is 0.259 e. The second kappa shape index (κ2) is 9.24. The van der Waals surface area contributed by atoms with Crippen molar-refractivity contribution in [2.24, 2.45) is 9.98 Å². The first kappa shape index (κ1) is 21.6. The van der Waals surface area contributed by atoms with Crippen LogP contribution in [-0.4, -0.2) is 39.0 Å². The molecule has 0 saturated heterocycles. The zero-order chi connectivity index (χ0) is 22.0. The maximum absolute atomic E-state index is 13.1. The number of halogens is 1. The number of thioether (sulfide) groups is 1. The van der Waals surface area contributed by atoms with E-state index in [1.54, 1.807) is 29.2 Å². The van der Waals surface area contributed by atoms with Crippen molar-refractivity contribution in [3.63, 3.8) is 0 Å². The molecule has 0 radical (unpaired) electrons. The number of fused-ring (bicyclic) bond motifs is 3. The minimum atomic E-state index is -0.428. The Morgan fingerprint density at radius 1 is 1.23 bits per heavy atom. The molecule has 8 heteroatoms. The summed E-state index contributed by atoms with van der Waals surface area (Å²) in [6.07, 6.45) is 2.12. The summed E-state index contributed by atoms with van der Waals surface area (Å²) in [7, 11) is 0. The van der Waals surface area contributed by atoms with E-state index < -0.39 is 11.3 Å². The Hall–Kier alpha value is -2.64. The minimum absolute atomic E-state index is 0.0808. The van der Waals surface area contributed by atoms with Gasteiger partial charge in [0.2, 0.25) is 5.91 Å². The van der Waals surface area contributed by atoms with Crippen LogP contribution in [0.3, 0.4) is 0 Å². The molecule has 0 saturated carbocycles. The van der Waals surface area contributed by atoms with Crippen molar-refractivity contribution in [2.45, 2.75) is 44.4 Å². The third-order valence-electron chi connectivity index (χ3n) is 5.11. The van der Waals surface area contributed by atoms with Crippen LogP contribution in [0.25, 0.3) is 0 Å². The van der Waals surface area contributed by atoms with Crippen LogP contribution in [0, 0.1) is 0 Å². The van der Waals surface area contributed by atoms with E-state index >= 15 is 0 Å². The first-order chi connectivity index (χ1) is 15.0. The van der Waals surface area contributed by atoms with Crippen LogP contribution in [0.2, 0.25) is 5.02 Å². The van der Waals surface area contributed by atoms with Crippen LogP contribution in [0.15, 0.2) is 58.5 Å². The number of nitrogens with one attached hydrogen (secondary N) is 1. The van der Waals surface area contributed by atoms with Crippen molar-refractivity contribution in [1.82, 2.24) is 4.90 Å². The van der Waals surface area contributed by atoms with Gasteiger partial charge in [0.1, 0.15) is 11.9 Å². The molecule has 2 aliphatic rings. The Morgan fingerprint density at radius 3 is 2.77 bits per heavy atom. The molecule has 2 amide bonds. The summed E-state index contributed by atoms with van der Waals surface area (Å²) < 4.78 is 0. The van der Waals surface area contributed by atoms with Gasteiger partial charge >= 0.3 is 0 Å². The Morgan fingerprint density at radius 2 is 2.03 bits per heavy atom. The lowest BCUT2D eigenvalue weighted by Gasteiger charge is -2.27. The number of amides is 2. The monoisotopic (exact) mass is 454 g/mol. The van der Waals surface area contributed by atoms with Crippen LogP contribution in [-0.2, 0) is 9.59 Å². The fourth-order valence-electron chi connectivity index (χ4n) is 3.58. The molecule has 1 N–H and O–H groups in total. The highest BCUT2D eigenvalue weighted by Gasteiger charge is 2.41. The van der Waals surface area contributed by atoms with Crippen LogP contribution < -0.4 is 5.32 Å². The van der Waals surface area contributed by atoms with Gasteiger partial charge in [0, 0.05) is 16.3 Å². The molecular weight excluding hydrogens is 432 g/mol. The molecule has 160 valence electrons. The summed E-state index contributed by atoms with van der Waals surface area (Å²) in [4.78, 5) is 37.1. The number of carbonyl (C=O) groups is 2. The SMILES string of the molecule is CCC[C@@H]1N=C2c3ccccc3N=C(S[C@@H](CC)C(=O)Nc3cccc(Cl)c3)N2C1=O. The number of rotatable bonds is 6. The van der Waals surface area contributed by atoms with E-state index in [2.05, 4.69) is 5.32 Å². The standard InChI is InChI=1S/C23H23ClN4O2S/c1-3-8-18-22(30)28-20(26-18)16-11-5-6-12-17(16)27-23(28)31-19(4-2)21(29)25-15-10-7-9-14(24)13-15/h5-7,9-13,18-19H,3-4,8H2,1-2H3,(H,25,29)/t18-,19-/m0/s1. The molecule has 4 rings (SSSR count). The average Bonchev–Trinajstić information content (AvgIpc) is 3.09. The van der Waals surface area contributed by atoms with Gasteiger partial charge in [-0.25, -0.2) is 9.89 Å². The number of benzene rings is 2. The second-order valence-corrected chi connectivity index (χ2v) is 8.96. The Kier molecular flexibility index (Phi) is 6.43. The molecule has 2 heterocycles. The van der Waals surface area contributed by atoms with E-state index in [1.165, 1.54) is 11.8 Å². The fraction of sp³-hybridized carbons (Fsp3) is 0.304. The second-order valence-electron chi connectivity index (χ2n) is 7.36. The van der Waals surface area contributed by atoms with E-state index in [1.807, 2.05) is 38.1 Å². The Balaban J connectivity index is 1.61. The van der Waals surface area contributed by atoms with E-state index in [9.17, 15) is 9.59 Å². The van der Waals surface area contributed by atoms with E-state index in [0.717, 1.165) is 17.7 Å². The average molecular weight is 455 g/mol. The lowest BCUT2D eigenvalue weighted by atomic mass is 10.1. The maximum atomic E-state index is 13.1. The van der Waals surface area contributed by atoms with E-state index in [4.69, 9.17) is 21.6 Å². The molecule has 2 aliphatic heterocycles.